The fourth-order valence-electron chi connectivity index (χ4n) is 4.74. The van der Waals surface area contributed by atoms with Gasteiger partial charge in [-0.25, -0.2) is 0 Å². The molecular weight excluding hydrogens is 474 g/mol. The zero-order valence-corrected chi connectivity index (χ0v) is 19.7. The maximum Gasteiger partial charge on any atom is 0.280 e. The summed E-state index contributed by atoms with van der Waals surface area (Å²) in [4.78, 5) is 25.1. The molecule has 0 radical (unpaired) electrons. The number of halogens is 1. The summed E-state index contributed by atoms with van der Waals surface area (Å²) in [6, 6.07) is 33.4. The van der Waals surface area contributed by atoms with Gasteiger partial charge in [0.05, 0.1) is 27.8 Å². The molecule has 1 N–H and O–H groups in total. The minimum absolute atomic E-state index is 0.0989. The number of nitro benzene ring substituents is 1. The highest BCUT2D eigenvalue weighted by Crippen LogP contribution is 2.46. The summed E-state index contributed by atoms with van der Waals surface area (Å²) in [5, 5.41) is 19.3. The molecule has 1 heterocycles. The van der Waals surface area contributed by atoms with E-state index in [1.165, 1.54) is 24.4 Å². The highest BCUT2D eigenvalue weighted by Gasteiger charge is 2.43. The van der Waals surface area contributed by atoms with Crippen molar-refractivity contribution in [3.63, 3.8) is 0 Å². The second kappa shape index (κ2) is 9.60. The number of nitrogens with zero attached hydrogens (tertiary/aromatic N) is 2. The summed E-state index contributed by atoms with van der Waals surface area (Å²) < 4.78 is 0. The smallest absolute Gasteiger partial charge is 0.280 e. The van der Waals surface area contributed by atoms with Crippen LogP contribution in [-0.2, 0) is 5.41 Å². The van der Waals surface area contributed by atoms with E-state index >= 15 is 0 Å². The molecule has 36 heavy (non-hydrogen) atoms. The minimum Gasteiger partial charge on any atom is -0.288 e. The maximum atomic E-state index is 13.9. The van der Waals surface area contributed by atoms with Gasteiger partial charge in [0.15, 0.2) is 0 Å². The number of aromatic amines is 1. The lowest BCUT2D eigenvalue weighted by Gasteiger charge is -2.35. The van der Waals surface area contributed by atoms with Gasteiger partial charge in [0.2, 0.25) is 5.78 Å². The van der Waals surface area contributed by atoms with E-state index in [0.29, 0.717) is 5.69 Å². The summed E-state index contributed by atoms with van der Waals surface area (Å²) in [6.07, 6.45) is 1.42. The van der Waals surface area contributed by atoms with E-state index in [0.717, 1.165) is 16.7 Å². The summed E-state index contributed by atoms with van der Waals surface area (Å²) >= 11 is 6.15. The van der Waals surface area contributed by atoms with Gasteiger partial charge in [-0.3, -0.25) is 20.0 Å². The van der Waals surface area contributed by atoms with Crippen molar-refractivity contribution in [3.05, 3.63) is 164 Å². The number of carbonyl (C=O) groups is 1. The van der Waals surface area contributed by atoms with Crippen LogP contribution in [0.5, 0.6) is 0 Å². The summed E-state index contributed by atoms with van der Waals surface area (Å²) in [7, 11) is 0. The second-order valence-electron chi connectivity index (χ2n) is 8.25. The SMILES string of the molecule is O=C(c1cc(Cl)ccc1[N+](=O)[O-])c1cn[nH]c1C(c1ccccc1)(c1ccccc1)c1ccccc1. The Bertz CT molecular complexity index is 1440. The molecule has 0 spiro atoms. The van der Waals surface area contributed by atoms with Crippen molar-refractivity contribution in [2.24, 2.45) is 0 Å². The molecule has 0 bridgehead atoms. The molecule has 0 amide bonds. The zero-order chi connectivity index (χ0) is 25.1. The van der Waals surface area contributed by atoms with Gasteiger partial charge in [0.25, 0.3) is 5.69 Å². The van der Waals surface area contributed by atoms with E-state index in [1.54, 1.807) is 0 Å². The van der Waals surface area contributed by atoms with Crippen molar-refractivity contribution in [3.8, 4) is 0 Å². The highest BCUT2D eigenvalue weighted by molar-refractivity contribution is 6.31. The van der Waals surface area contributed by atoms with Crippen LogP contribution in [0.3, 0.4) is 0 Å². The van der Waals surface area contributed by atoms with E-state index in [9.17, 15) is 14.9 Å². The molecule has 0 fully saturated rings. The Morgan fingerprint density at radius 1 is 0.778 bits per heavy atom. The maximum absolute atomic E-state index is 13.9. The van der Waals surface area contributed by atoms with Crippen molar-refractivity contribution in [2.75, 3.05) is 0 Å². The number of H-pyrrole nitrogens is 1. The quantitative estimate of drug-likeness (QED) is 0.120. The van der Waals surface area contributed by atoms with Crippen LogP contribution in [0.15, 0.2) is 115 Å². The first-order valence-corrected chi connectivity index (χ1v) is 11.6. The van der Waals surface area contributed by atoms with Crippen LogP contribution in [0.4, 0.5) is 5.69 Å². The van der Waals surface area contributed by atoms with Crippen LogP contribution >= 0.6 is 11.6 Å². The highest BCUT2D eigenvalue weighted by atomic mass is 35.5. The lowest BCUT2D eigenvalue weighted by atomic mass is 9.66. The number of hydrogen-bond acceptors (Lipinski definition) is 4. The predicted octanol–water partition coefficient (Wildman–Crippen LogP) is 6.59. The molecule has 6 nitrogen and oxygen atoms in total. The molecular formula is C29H20ClN3O3. The molecule has 5 aromatic rings. The van der Waals surface area contributed by atoms with Crippen molar-refractivity contribution < 1.29 is 9.72 Å². The van der Waals surface area contributed by atoms with Crippen molar-refractivity contribution >= 4 is 23.1 Å². The first kappa shape index (κ1) is 23.2. The van der Waals surface area contributed by atoms with Gasteiger partial charge in [-0.05, 0) is 28.8 Å². The van der Waals surface area contributed by atoms with Crippen LogP contribution in [-0.4, -0.2) is 20.9 Å². The van der Waals surface area contributed by atoms with Gasteiger partial charge in [0, 0.05) is 11.1 Å². The molecule has 0 aliphatic carbocycles. The fraction of sp³-hybridized carbons (Fsp3) is 0.0345. The number of nitro groups is 1. The first-order chi connectivity index (χ1) is 17.5. The van der Waals surface area contributed by atoms with E-state index in [2.05, 4.69) is 10.2 Å². The zero-order valence-electron chi connectivity index (χ0n) is 19.0. The monoisotopic (exact) mass is 493 g/mol. The van der Waals surface area contributed by atoms with Crippen molar-refractivity contribution in [1.29, 1.82) is 0 Å². The van der Waals surface area contributed by atoms with Crippen molar-refractivity contribution in [2.45, 2.75) is 5.41 Å². The third kappa shape index (κ3) is 3.87. The van der Waals surface area contributed by atoms with Crippen LogP contribution in [0.2, 0.25) is 5.02 Å². The third-order valence-corrected chi connectivity index (χ3v) is 6.51. The van der Waals surface area contributed by atoms with E-state index < -0.39 is 16.1 Å². The number of nitrogens with one attached hydrogen (secondary N) is 1. The van der Waals surface area contributed by atoms with Gasteiger partial charge in [-0.2, -0.15) is 5.10 Å². The van der Waals surface area contributed by atoms with E-state index in [1.807, 2.05) is 91.0 Å². The lowest BCUT2D eigenvalue weighted by molar-refractivity contribution is -0.385. The van der Waals surface area contributed by atoms with Gasteiger partial charge in [-0.15, -0.1) is 0 Å². The molecule has 0 aliphatic heterocycles. The number of carbonyl (C=O) groups excluding carboxylic acids is 1. The van der Waals surface area contributed by atoms with Gasteiger partial charge < -0.3 is 0 Å². The molecule has 0 unspecified atom stereocenters. The Morgan fingerprint density at radius 3 is 1.75 bits per heavy atom. The minimum atomic E-state index is -0.960. The normalized spacial score (nSPS) is 11.2. The van der Waals surface area contributed by atoms with E-state index in [4.69, 9.17) is 11.6 Å². The molecule has 1 aromatic heterocycles. The number of benzene rings is 4. The summed E-state index contributed by atoms with van der Waals surface area (Å²) in [6.45, 7) is 0. The molecule has 0 atom stereocenters. The van der Waals surface area contributed by atoms with Crippen LogP contribution < -0.4 is 0 Å². The molecule has 4 aromatic carbocycles. The Balaban J connectivity index is 1.85. The summed E-state index contributed by atoms with van der Waals surface area (Å²) in [5.41, 5.74) is 2.06. The molecule has 7 heteroatoms. The first-order valence-electron chi connectivity index (χ1n) is 11.2. The van der Waals surface area contributed by atoms with Gasteiger partial charge in [-0.1, -0.05) is 103 Å². The topological polar surface area (TPSA) is 88.9 Å². The second-order valence-corrected chi connectivity index (χ2v) is 8.69. The Labute approximate surface area is 212 Å². The molecule has 0 aliphatic rings. The number of rotatable bonds is 7. The molecule has 0 saturated carbocycles. The average Bonchev–Trinajstić information content (AvgIpc) is 3.40. The van der Waals surface area contributed by atoms with Gasteiger partial charge in [0.1, 0.15) is 5.56 Å². The average molecular weight is 494 g/mol. The van der Waals surface area contributed by atoms with Crippen LogP contribution in [0.1, 0.15) is 38.3 Å². The lowest BCUT2D eigenvalue weighted by Crippen LogP contribution is -2.33. The van der Waals surface area contributed by atoms with Crippen LogP contribution in [0, 0.1) is 10.1 Å². The fourth-order valence-corrected chi connectivity index (χ4v) is 4.91. The molecule has 5 rings (SSSR count). The Kier molecular flexibility index (Phi) is 6.19. The third-order valence-electron chi connectivity index (χ3n) is 6.28. The Morgan fingerprint density at radius 2 is 1.28 bits per heavy atom. The van der Waals surface area contributed by atoms with Crippen molar-refractivity contribution in [1.82, 2.24) is 10.2 Å². The van der Waals surface area contributed by atoms with E-state index in [-0.39, 0.29) is 21.8 Å². The standard InChI is InChI=1S/C29H20ClN3O3/c30-23-16-17-26(33(35)36)24(18-23)27(34)25-19-31-32-28(25)29(20-10-4-1-5-11-20,21-12-6-2-7-13-21)22-14-8-3-9-15-22/h1-19H,(H,31,32). The largest absolute Gasteiger partial charge is 0.288 e. The molecule has 176 valence electrons. The number of aromatic nitrogens is 2. The Hall–Kier alpha value is -4.55. The predicted molar refractivity (Wildman–Crippen MR) is 138 cm³/mol. The summed E-state index contributed by atoms with van der Waals surface area (Å²) in [5.74, 6) is -0.542. The molecule has 0 saturated heterocycles. The van der Waals surface area contributed by atoms with Crippen LogP contribution in [0.25, 0.3) is 0 Å². The number of ketones is 1. The van der Waals surface area contributed by atoms with Gasteiger partial charge >= 0.3 is 0 Å². The number of hydrogen-bond donors (Lipinski definition) is 1.